The molecule has 0 radical (unpaired) electrons. The first-order valence-corrected chi connectivity index (χ1v) is 11.1. The van der Waals surface area contributed by atoms with Gasteiger partial charge in [-0.1, -0.05) is 26.0 Å². The minimum Gasteiger partial charge on any atom is -0.497 e. The zero-order valence-corrected chi connectivity index (χ0v) is 19.1. The van der Waals surface area contributed by atoms with Crippen molar-refractivity contribution in [3.8, 4) is 5.75 Å². The number of likely N-dealkylation sites (tertiary alicyclic amines) is 1. The van der Waals surface area contributed by atoms with Crippen molar-refractivity contribution in [3.63, 3.8) is 0 Å². The van der Waals surface area contributed by atoms with Crippen LogP contribution in [0.1, 0.15) is 55.2 Å². The molecular formula is C24H36N4O2. The summed E-state index contributed by atoms with van der Waals surface area (Å²) in [5.74, 6) is 1.43. The Morgan fingerprint density at radius 2 is 1.97 bits per heavy atom. The largest absolute Gasteiger partial charge is 0.497 e. The van der Waals surface area contributed by atoms with Gasteiger partial charge < -0.3 is 10.1 Å². The molecule has 0 saturated carbocycles. The van der Waals surface area contributed by atoms with Gasteiger partial charge in [0.2, 0.25) is 5.91 Å². The van der Waals surface area contributed by atoms with Crippen LogP contribution in [-0.4, -0.2) is 47.3 Å². The molecule has 1 amide bonds. The molecule has 0 spiro atoms. The van der Waals surface area contributed by atoms with Crippen LogP contribution >= 0.6 is 0 Å². The summed E-state index contributed by atoms with van der Waals surface area (Å²) in [6.07, 6.45) is 2.80. The minimum absolute atomic E-state index is 0.0531. The third-order valence-corrected chi connectivity index (χ3v) is 5.96. The normalized spacial score (nSPS) is 15.5. The second-order valence-corrected chi connectivity index (χ2v) is 8.74. The number of nitrogens with zero attached hydrogens (tertiary/aromatic N) is 3. The summed E-state index contributed by atoms with van der Waals surface area (Å²) in [6, 6.07) is 8.36. The van der Waals surface area contributed by atoms with Gasteiger partial charge in [-0.05, 0) is 63.4 Å². The van der Waals surface area contributed by atoms with Gasteiger partial charge in [0, 0.05) is 24.3 Å². The molecule has 3 rings (SSSR count). The Balaban J connectivity index is 1.68. The predicted molar refractivity (Wildman–Crippen MR) is 120 cm³/mol. The van der Waals surface area contributed by atoms with Crippen LogP contribution in [0.15, 0.2) is 24.3 Å². The number of hydrogen-bond donors (Lipinski definition) is 1. The van der Waals surface area contributed by atoms with E-state index in [2.05, 4.69) is 48.2 Å². The van der Waals surface area contributed by atoms with Crippen molar-refractivity contribution >= 4 is 5.91 Å². The molecule has 2 heterocycles. The fourth-order valence-electron chi connectivity index (χ4n) is 4.31. The zero-order chi connectivity index (χ0) is 21.7. The lowest BCUT2D eigenvalue weighted by Crippen LogP contribution is -2.37. The van der Waals surface area contributed by atoms with E-state index in [0.29, 0.717) is 18.9 Å². The molecule has 1 unspecified atom stereocenters. The van der Waals surface area contributed by atoms with E-state index in [9.17, 15) is 4.79 Å². The second-order valence-electron chi connectivity index (χ2n) is 8.74. The Labute approximate surface area is 180 Å². The number of benzene rings is 1. The first-order valence-electron chi connectivity index (χ1n) is 11.1. The van der Waals surface area contributed by atoms with Gasteiger partial charge in [0.15, 0.2) is 0 Å². The van der Waals surface area contributed by atoms with Crippen molar-refractivity contribution in [2.24, 2.45) is 5.92 Å². The maximum Gasteiger partial charge on any atom is 0.224 e. The second kappa shape index (κ2) is 10.1. The lowest BCUT2D eigenvalue weighted by Gasteiger charge is -2.28. The van der Waals surface area contributed by atoms with Gasteiger partial charge in [-0.2, -0.15) is 5.10 Å². The van der Waals surface area contributed by atoms with Crippen LogP contribution in [0.25, 0.3) is 0 Å². The fraction of sp³-hybridized carbons (Fsp3) is 0.583. The number of ether oxygens (including phenoxy) is 1. The molecule has 1 fully saturated rings. The van der Waals surface area contributed by atoms with Crippen molar-refractivity contribution in [1.82, 2.24) is 20.0 Å². The highest BCUT2D eigenvalue weighted by molar-refractivity contribution is 5.79. The molecule has 1 aliphatic heterocycles. The van der Waals surface area contributed by atoms with E-state index in [1.54, 1.807) is 7.11 Å². The van der Waals surface area contributed by atoms with Gasteiger partial charge in [-0.3, -0.25) is 14.4 Å². The number of nitrogens with one attached hydrogen (secondary N) is 1. The predicted octanol–water partition coefficient (Wildman–Crippen LogP) is 3.66. The molecule has 1 aliphatic rings. The molecule has 164 valence electrons. The molecule has 0 aliphatic carbocycles. The van der Waals surface area contributed by atoms with Crippen molar-refractivity contribution in [2.75, 3.05) is 26.7 Å². The molecule has 2 aromatic rings. The molecule has 1 saturated heterocycles. The highest BCUT2D eigenvalue weighted by Gasteiger charge is 2.25. The zero-order valence-electron chi connectivity index (χ0n) is 19.1. The number of amides is 1. The summed E-state index contributed by atoms with van der Waals surface area (Å²) in [4.78, 5) is 15.3. The van der Waals surface area contributed by atoms with Gasteiger partial charge in [-0.15, -0.1) is 0 Å². The number of aryl methyl sites for hydroxylation is 1. The average molecular weight is 413 g/mol. The smallest absolute Gasteiger partial charge is 0.224 e. The quantitative estimate of drug-likeness (QED) is 0.683. The number of rotatable bonds is 9. The third kappa shape index (κ3) is 5.42. The fourth-order valence-corrected chi connectivity index (χ4v) is 4.31. The highest BCUT2D eigenvalue weighted by atomic mass is 16.5. The summed E-state index contributed by atoms with van der Waals surface area (Å²) in [7, 11) is 1.69. The van der Waals surface area contributed by atoms with Crippen molar-refractivity contribution in [3.05, 3.63) is 46.8 Å². The average Bonchev–Trinajstić information content (AvgIpc) is 3.33. The summed E-state index contributed by atoms with van der Waals surface area (Å²) in [5.41, 5.74) is 4.29. The van der Waals surface area contributed by atoms with Gasteiger partial charge in [0.1, 0.15) is 5.75 Å². The monoisotopic (exact) mass is 412 g/mol. The molecular weight excluding hydrogens is 376 g/mol. The molecule has 1 aromatic carbocycles. The number of carbonyl (C=O) groups is 1. The first-order chi connectivity index (χ1) is 14.4. The van der Waals surface area contributed by atoms with Crippen LogP contribution in [0.5, 0.6) is 5.75 Å². The van der Waals surface area contributed by atoms with E-state index in [-0.39, 0.29) is 11.9 Å². The van der Waals surface area contributed by atoms with E-state index >= 15 is 0 Å². The minimum atomic E-state index is 0.0531. The molecule has 0 bridgehead atoms. The molecule has 6 heteroatoms. The lowest BCUT2D eigenvalue weighted by atomic mass is 10.0. The molecule has 1 atom stereocenters. The number of aromatic nitrogens is 2. The van der Waals surface area contributed by atoms with E-state index in [1.807, 2.05) is 23.7 Å². The van der Waals surface area contributed by atoms with Gasteiger partial charge in [-0.25, -0.2) is 0 Å². The van der Waals surface area contributed by atoms with Crippen molar-refractivity contribution in [1.29, 1.82) is 0 Å². The van der Waals surface area contributed by atoms with Gasteiger partial charge in [0.25, 0.3) is 0 Å². The van der Waals surface area contributed by atoms with Crippen LogP contribution in [0.2, 0.25) is 0 Å². The van der Waals surface area contributed by atoms with Crippen LogP contribution in [0.3, 0.4) is 0 Å². The van der Waals surface area contributed by atoms with Crippen LogP contribution in [-0.2, 0) is 17.8 Å². The topological polar surface area (TPSA) is 59.4 Å². The number of carbonyl (C=O) groups excluding carboxylic acids is 1. The van der Waals surface area contributed by atoms with Crippen LogP contribution in [0.4, 0.5) is 0 Å². The Morgan fingerprint density at radius 1 is 1.23 bits per heavy atom. The SMILES string of the molecule is COc1cccc(C(CNC(=O)Cc2c(C)nn(CC(C)C)c2C)N2CCCC2)c1. The maximum absolute atomic E-state index is 12.8. The Hall–Kier alpha value is -2.34. The first kappa shape index (κ1) is 22.3. The summed E-state index contributed by atoms with van der Waals surface area (Å²) >= 11 is 0. The van der Waals surface area contributed by atoms with Crippen LogP contribution < -0.4 is 10.1 Å². The van der Waals surface area contributed by atoms with E-state index < -0.39 is 0 Å². The number of methoxy groups -OCH3 is 1. The van der Waals surface area contributed by atoms with Crippen molar-refractivity contribution in [2.45, 2.75) is 59.5 Å². The van der Waals surface area contributed by atoms with Crippen LogP contribution in [0, 0.1) is 19.8 Å². The standard InChI is InChI=1S/C24H36N4O2/c1-17(2)16-28-19(4)22(18(3)26-28)14-24(29)25-15-23(27-11-6-7-12-27)20-9-8-10-21(13-20)30-5/h8-10,13,17,23H,6-7,11-12,14-16H2,1-5H3,(H,25,29). The van der Waals surface area contributed by atoms with Gasteiger partial charge in [0.05, 0.1) is 25.3 Å². The van der Waals surface area contributed by atoms with E-state index in [1.165, 1.54) is 18.4 Å². The van der Waals surface area contributed by atoms with E-state index in [0.717, 1.165) is 42.3 Å². The Bertz CT molecular complexity index is 853. The van der Waals surface area contributed by atoms with E-state index in [4.69, 9.17) is 4.74 Å². The maximum atomic E-state index is 12.8. The Morgan fingerprint density at radius 3 is 2.63 bits per heavy atom. The van der Waals surface area contributed by atoms with Crippen molar-refractivity contribution < 1.29 is 9.53 Å². The highest BCUT2D eigenvalue weighted by Crippen LogP contribution is 2.27. The summed E-state index contributed by atoms with van der Waals surface area (Å²) in [6.45, 7) is 12.0. The molecule has 1 N–H and O–H groups in total. The summed E-state index contributed by atoms with van der Waals surface area (Å²) < 4.78 is 7.45. The molecule has 6 nitrogen and oxygen atoms in total. The Kier molecular flexibility index (Phi) is 7.53. The third-order valence-electron chi connectivity index (χ3n) is 5.96. The number of hydrogen-bond acceptors (Lipinski definition) is 4. The molecule has 1 aromatic heterocycles. The van der Waals surface area contributed by atoms with Gasteiger partial charge >= 0.3 is 0 Å². The molecule has 30 heavy (non-hydrogen) atoms. The summed E-state index contributed by atoms with van der Waals surface area (Å²) in [5, 5.41) is 7.83. The lowest BCUT2D eigenvalue weighted by molar-refractivity contribution is -0.120.